The Bertz CT molecular complexity index is 1940. The first-order valence-corrected chi connectivity index (χ1v) is 16.3. The highest BCUT2D eigenvalue weighted by atomic mass is 31.2. The van der Waals surface area contributed by atoms with E-state index in [0.717, 1.165) is 28.1 Å². The van der Waals surface area contributed by atoms with Crippen LogP contribution >= 0.6 is 15.2 Å². The molecule has 10 atom stereocenters. The number of hydrogen-bond acceptors (Lipinski definition) is 16. The van der Waals surface area contributed by atoms with Gasteiger partial charge in [0.05, 0.1) is 12.7 Å². The second-order valence-corrected chi connectivity index (χ2v) is 13.5. The summed E-state index contributed by atoms with van der Waals surface area (Å²) in [7, 11) is -9.92. The van der Waals surface area contributed by atoms with Gasteiger partial charge in [-0.25, -0.2) is 28.7 Å². The van der Waals surface area contributed by atoms with E-state index in [9.17, 15) is 23.7 Å². The van der Waals surface area contributed by atoms with Crippen LogP contribution in [0.3, 0.4) is 0 Å². The minimum absolute atomic E-state index is 0.0198. The summed E-state index contributed by atoms with van der Waals surface area (Å²) < 4.78 is 91.9. The van der Waals surface area contributed by atoms with Crippen LogP contribution in [0.2, 0.25) is 0 Å². The predicted octanol–water partition coefficient (Wildman–Crippen LogP) is -0.387. The van der Waals surface area contributed by atoms with Crippen molar-refractivity contribution in [3.05, 3.63) is 29.3 Å². The van der Waals surface area contributed by atoms with Crippen molar-refractivity contribution in [3.63, 3.8) is 0 Å². The van der Waals surface area contributed by atoms with Gasteiger partial charge in [0.1, 0.15) is 17.9 Å². The molecule has 0 radical (unpaired) electrons. The van der Waals surface area contributed by atoms with E-state index in [0.29, 0.717) is 0 Å². The number of H-pyrrole nitrogens is 1. The van der Waals surface area contributed by atoms with Gasteiger partial charge in [-0.3, -0.25) is 37.1 Å². The number of fused-ring (bicyclic) bond motifs is 5. The van der Waals surface area contributed by atoms with E-state index < -0.39 is 83.0 Å². The molecule has 25 heteroatoms. The number of alkyl halides is 2. The third-order valence-corrected chi connectivity index (χ3v) is 9.12. The lowest BCUT2D eigenvalue weighted by molar-refractivity contribution is -0.170. The van der Waals surface area contributed by atoms with Gasteiger partial charge in [-0.15, -0.1) is 0 Å². The van der Waals surface area contributed by atoms with E-state index in [4.69, 9.17) is 39.5 Å². The monoisotopic (exact) mass is 678 g/mol. The van der Waals surface area contributed by atoms with Crippen LogP contribution in [-0.2, 0) is 37.1 Å². The summed E-state index contributed by atoms with van der Waals surface area (Å²) in [6.07, 6.45) is -15.0. The molecule has 0 aliphatic carbocycles. The van der Waals surface area contributed by atoms with Crippen molar-refractivity contribution in [1.29, 1.82) is 0 Å². The lowest BCUT2D eigenvalue weighted by Crippen LogP contribution is -2.33. The Morgan fingerprint density at radius 1 is 0.844 bits per heavy atom. The van der Waals surface area contributed by atoms with Crippen molar-refractivity contribution in [2.24, 2.45) is 0 Å². The van der Waals surface area contributed by atoms with Crippen molar-refractivity contribution in [2.45, 2.75) is 49.6 Å². The minimum Gasteiger partial charge on any atom is -0.382 e. The Kier molecular flexibility index (Phi) is 7.24. The molecule has 3 saturated heterocycles. The van der Waals surface area contributed by atoms with E-state index in [2.05, 4.69) is 29.9 Å². The zero-order valence-electron chi connectivity index (χ0n) is 22.3. The number of imidazole rings is 2. The largest absolute Gasteiger partial charge is 0.382 e. The Morgan fingerprint density at radius 2 is 1.47 bits per heavy atom. The van der Waals surface area contributed by atoms with Crippen molar-refractivity contribution in [3.8, 4) is 0 Å². The molecule has 3 fully saturated rings. The van der Waals surface area contributed by atoms with Crippen LogP contribution in [0.5, 0.6) is 0 Å². The van der Waals surface area contributed by atoms with Crippen molar-refractivity contribution in [2.75, 3.05) is 24.2 Å². The fraction of sp³-hybridized carbons (Fsp3) is 0.500. The lowest BCUT2D eigenvalue weighted by Gasteiger charge is -2.25. The Balaban J connectivity index is 1.21. The van der Waals surface area contributed by atoms with Gasteiger partial charge in [-0.05, 0) is 0 Å². The zero-order valence-corrected chi connectivity index (χ0v) is 24.1. The van der Waals surface area contributed by atoms with Crippen LogP contribution in [0.1, 0.15) is 12.5 Å². The SMILES string of the molecule is Nc1nc2c(ncn2[C@@H]2O[C@@H]3OCP(=O)(O)OC4C(F)[C@H](n5cnc6c(N)ncnc65)O[C@@H]4OCP(=O)(O)OC2C3F)c(=O)[nH]1. The molecule has 6 unspecified atom stereocenters. The number of aromatic nitrogens is 8. The van der Waals surface area contributed by atoms with Gasteiger partial charge in [0.15, 0.2) is 78.8 Å². The highest BCUT2D eigenvalue weighted by molar-refractivity contribution is 7.52. The van der Waals surface area contributed by atoms with Crippen LogP contribution < -0.4 is 17.0 Å². The number of nitrogen functional groups attached to an aromatic ring is 2. The molecule has 3 aliphatic rings. The summed E-state index contributed by atoms with van der Waals surface area (Å²) in [5.74, 6) is -0.347. The Hall–Kier alpha value is -3.50. The number of aromatic amines is 1. The highest BCUT2D eigenvalue weighted by Gasteiger charge is 2.55. The second-order valence-electron chi connectivity index (χ2n) is 10.0. The smallest absolute Gasteiger partial charge is 0.354 e. The number of nitrogens with two attached hydrogens (primary N) is 2. The summed E-state index contributed by atoms with van der Waals surface area (Å²) in [4.78, 5) is 55.4. The molecular formula is C20H22F2N10O11P2. The maximum atomic E-state index is 15.8. The first-order chi connectivity index (χ1) is 21.3. The molecule has 7 N–H and O–H groups in total. The van der Waals surface area contributed by atoms with Gasteiger partial charge in [0, 0.05) is 0 Å². The maximum absolute atomic E-state index is 15.8. The summed E-state index contributed by atoms with van der Waals surface area (Å²) in [6, 6.07) is 0. The molecule has 21 nitrogen and oxygen atoms in total. The summed E-state index contributed by atoms with van der Waals surface area (Å²) >= 11 is 0. The molecule has 242 valence electrons. The third kappa shape index (κ3) is 5.29. The van der Waals surface area contributed by atoms with Crippen LogP contribution in [0, 0.1) is 0 Å². The minimum atomic E-state index is -4.97. The number of nitrogens with one attached hydrogen (secondary N) is 1. The topological polar surface area (TPSA) is 289 Å². The normalized spacial score (nSPS) is 37.7. The number of halogens is 2. The van der Waals surface area contributed by atoms with Crippen LogP contribution in [0.25, 0.3) is 22.3 Å². The first kappa shape index (κ1) is 30.2. The van der Waals surface area contributed by atoms with E-state index in [-0.39, 0.29) is 34.1 Å². The summed E-state index contributed by atoms with van der Waals surface area (Å²) in [5, 5.41) is 0. The Labute approximate surface area is 247 Å². The molecule has 4 aromatic rings. The predicted molar refractivity (Wildman–Crippen MR) is 141 cm³/mol. The van der Waals surface area contributed by atoms with Gasteiger partial charge in [-0.1, -0.05) is 0 Å². The molecule has 4 aromatic heterocycles. The van der Waals surface area contributed by atoms with Crippen molar-refractivity contribution >= 4 is 49.3 Å². The van der Waals surface area contributed by atoms with Gasteiger partial charge >= 0.3 is 15.2 Å². The summed E-state index contributed by atoms with van der Waals surface area (Å²) in [6.45, 7) is 0. The number of hydrogen-bond donors (Lipinski definition) is 5. The highest BCUT2D eigenvalue weighted by Crippen LogP contribution is 2.53. The number of nitrogens with zero attached hydrogens (tertiary/aromatic N) is 7. The van der Waals surface area contributed by atoms with E-state index in [1.165, 1.54) is 0 Å². The second kappa shape index (κ2) is 10.8. The molecule has 0 amide bonds. The van der Waals surface area contributed by atoms with Crippen LogP contribution in [0.15, 0.2) is 23.8 Å². The molecular weight excluding hydrogens is 656 g/mol. The van der Waals surface area contributed by atoms with Gasteiger partial charge in [-0.2, -0.15) is 4.98 Å². The van der Waals surface area contributed by atoms with Gasteiger partial charge in [0.2, 0.25) is 5.95 Å². The first-order valence-electron chi connectivity index (χ1n) is 12.8. The van der Waals surface area contributed by atoms with E-state index >= 15 is 8.78 Å². The third-order valence-electron chi connectivity index (χ3n) is 7.02. The molecule has 0 saturated carbocycles. The molecule has 45 heavy (non-hydrogen) atoms. The van der Waals surface area contributed by atoms with Crippen LogP contribution in [0.4, 0.5) is 20.5 Å². The lowest BCUT2D eigenvalue weighted by atomic mass is 10.2. The number of ether oxygens (including phenoxy) is 4. The van der Waals surface area contributed by atoms with Crippen molar-refractivity contribution in [1.82, 2.24) is 39.0 Å². The number of rotatable bonds is 2. The zero-order chi connectivity index (χ0) is 31.8. The van der Waals surface area contributed by atoms with E-state index in [1.807, 2.05) is 0 Å². The molecule has 0 aromatic carbocycles. The van der Waals surface area contributed by atoms with Gasteiger partial charge in [0.25, 0.3) is 5.56 Å². The fourth-order valence-corrected chi connectivity index (χ4v) is 7.08. The van der Waals surface area contributed by atoms with Gasteiger partial charge < -0.3 is 40.2 Å². The fourth-order valence-electron chi connectivity index (χ4n) is 5.09. The summed E-state index contributed by atoms with van der Waals surface area (Å²) in [5.41, 5.74) is 10.4. The quantitative estimate of drug-likeness (QED) is 0.169. The Morgan fingerprint density at radius 3 is 2.20 bits per heavy atom. The van der Waals surface area contributed by atoms with Crippen molar-refractivity contribution < 1.29 is 55.7 Å². The molecule has 3 aliphatic heterocycles. The van der Waals surface area contributed by atoms with Crippen LogP contribution in [-0.4, -0.2) is 98.7 Å². The van der Waals surface area contributed by atoms with E-state index in [1.54, 1.807) is 0 Å². The number of anilines is 2. The molecule has 7 heterocycles. The average molecular weight is 678 g/mol. The standard InChI is InChI=1S/C20H22F2N10O11P2/c21-6-11-19(40-16(6)31-2-27-8-12(23)25-1-26-13(8)31)39-5-44(34,35)42-10-7(22)18(38-4-45(36,37)43-11)41-17(10)32-3-28-9-14(32)29-20(24)30-15(9)33/h1-3,6-7,10-11,16-19H,4-5H2,(H,34,35)(H,36,37)(H2,23,25,26)(H3,24,29,30,33)/t6?,7?,10?,11?,16-,17-,18+,19+/m1/s1. The maximum Gasteiger partial charge on any atom is 0.354 e. The molecule has 2 bridgehead atoms. The molecule has 7 rings (SSSR count). The average Bonchev–Trinajstić information content (AvgIpc) is 3.72. The molecule has 0 spiro atoms.